The molecule has 0 aromatic carbocycles. The highest BCUT2D eigenvalue weighted by Gasteiger charge is 2.33. The molecule has 2 aliphatic heterocycles. The van der Waals surface area contributed by atoms with Crippen molar-refractivity contribution in [3.8, 4) is 0 Å². The number of nitrogens with one attached hydrogen (secondary N) is 2. The molecular formula is C13H18N6. The second-order valence-electron chi connectivity index (χ2n) is 5.71. The molecule has 2 N–H and O–H groups in total. The van der Waals surface area contributed by atoms with E-state index in [0.717, 1.165) is 11.5 Å². The van der Waals surface area contributed by atoms with Crippen LogP contribution in [-0.2, 0) is 0 Å². The first-order valence-electron chi connectivity index (χ1n) is 6.98. The molecular weight excluding hydrogens is 240 g/mol. The van der Waals surface area contributed by atoms with E-state index in [9.17, 15) is 0 Å². The molecule has 0 amide bonds. The van der Waals surface area contributed by atoms with E-state index in [-0.39, 0.29) is 0 Å². The zero-order valence-corrected chi connectivity index (χ0v) is 11.0. The summed E-state index contributed by atoms with van der Waals surface area (Å²) in [6.45, 7) is 1.99. The average Bonchev–Trinajstić information content (AvgIpc) is 2.96. The van der Waals surface area contributed by atoms with Crippen LogP contribution in [0.1, 0.15) is 31.4 Å². The summed E-state index contributed by atoms with van der Waals surface area (Å²) >= 11 is 0. The summed E-state index contributed by atoms with van der Waals surface area (Å²) in [7, 11) is 0. The molecule has 4 rings (SSSR count). The van der Waals surface area contributed by atoms with Crippen molar-refractivity contribution in [3.63, 3.8) is 0 Å². The molecule has 2 saturated heterocycles. The summed E-state index contributed by atoms with van der Waals surface area (Å²) in [6, 6.07) is 3.94. The molecule has 2 aromatic heterocycles. The first-order valence-corrected chi connectivity index (χ1v) is 6.98. The molecule has 6 heteroatoms. The summed E-state index contributed by atoms with van der Waals surface area (Å²) in [4.78, 5) is 8.53. The maximum atomic E-state index is 4.37. The summed E-state index contributed by atoms with van der Waals surface area (Å²) in [5, 5.41) is 11.5. The molecule has 2 bridgehead atoms. The third kappa shape index (κ3) is 1.96. The summed E-state index contributed by atoms with van der Waals surface area (Å²) in [5.74, 6) is 1.67. The van der Waals surface area contributed by atoms with Gasteiger partial charge in [-0.05, 0) is 32.6 Å². The van der Waals surface area contributed by atoms with Crippen LogP contribution >= 0.6 is 0 Å². The Bertz CT molecular complexity index is 594. The first-order chi connectivity index (χ1) is 9.28. The van der Waals surface area contributed by atoms with Gasteiger partial charge in [0.05, 0.1) is 0 Å². The maximum Gasteiger partial charge on any atom is 0.254 e. The van der Waals surface area contributed by atoms with Crippen molar-refractivity contribution in [2.75, 3.05) is 5.32 Å². The van der Waals surface area contributed by atoms with E-state index in [4.69, 9.17) is 0 Å². The molecule has 0 radical (unpaired) electrons. The van der Waals surface area contributed by atoms with Crippen LogP contribution in [0.15, 0.2) is 12.4 Å². The van der Waals surface area contributed by atoms with E-state index in [1.165, 1.54) is 25.7 Å². The lowest BCUT2D eigenvalue weighted by Gasteiger charge is -2.30. The smallest absolute Gasteiger partial charge is 0.254 e. The molecule has 0 aliphatic carbocycles. The number of rotatable bonds is 2. The Balaban J connectivity index is 1.62. The largest absolute Gasteiger partial charge is 0.367 e. The van der Waals surface area contributed by atoms with Gasteiger partial charge in [0.2, 0.25) is 0 Å². The van der Waals surface area contributed by atoms with Gasteiger partial charge in [-0.3, -0.25) is 0 Å². The lowest BCUT2D eigenvalue weighted by atomic mass is 10.00. The Morgan fingerprint density at radius 1 is 1.32 bits per heavy atom. The van der Waals surface area contributed by atoms with Crippen LogP contribution in [0, 0.1) is 6.92 Å². The monoisotopic (exact) mass is 258 g/mol. The van der Waals surface area contributed by atoms with Crippen molar-refractivity contribution in [3.05, 3.63) is 18.1 Å². The lowest BCUT2D eigenvalue weighted by Crippen LogP contribution is -2.43. The van der Waals surface area contributed by atoms with Crippen molar-refractivity contribution in [2.45, 2.75) is 50.7 Å². The molecule has 2 unspecified atom stereocenters. The zero-order valence-electron chi connectivity index (χ0n) is 11.0. The highest BCUT2D eigenvalue weighted by Crippen LogP contribution is 2.28. The van der Waals surface area contributed by atoms with Gasteiger partial charge in [-0.25, -0.2) is 4.98 Å². The van der Waals surface area contributed by atoms with E-state index in [2.05, 4.69) is 25.7 Å². The molecule has 6 nitrogen and oxygen atoms in total. The van der Waals surface area contributed by atoms with Gasteiger partial charge in [0.25, 0.3) is 5.78 Å². The normalized spacial score (nSPS) is 29.8. The van der Waals surface area contributed by atoms with Crippen molar-refractivity contribution < 1.29 is 0 Å². The molecule has 0 spiro atoms. The zero-order chi connectivity index (χ0) is 12.8. The van der Waals surface area contributed by atoms with Gasteiger partial charge in [-0.2, -0.15) is 14.6 Å². The molecule has 2 fully saturated rings. The van der Waals surface area contributed by atoms with E-state index in [0.29, 0.717) is 23.9 Å². The van der Waals surface area contributed by atoms with Crippen molar-refractivity contribution in [1.29, 1.82) is 0 Å². The first kappa shape index (κ1) is 11.2. The number of fused-ring (bicyclic) bond motifs is 3. The van der Waals surface area contributed by atoms with Crippen LogP contribution in [0.3, 0.4) is 0 Å². The minimum Gasteiger partial charge on any atom is -0.367 e. The lowest BCUT2D eigenvalue weighted by molar-refractivity contribution is 0.377. The second kappa shape index (κ2) is 4.16. The SMILES string of the molecule is Cc1cc(NC2CC3CCC(C2)N3)n2ncnc2n1. The van der Waals surface area contributed by atoms with E-state index >= 15 is 0 Å². The Kier molecular flexibility index (Phi) is 2.44. The van der Waals surface area contributed by atoms with Gasteiger partial charge in [-0.1, -0.05) is 0 Å². The Morgan fingerprint density at radius 2 is 2.11 bits per heavy atom. The Hall–Kier alpha value is -1.69. The van der Waals surface area contributed by atoms with Crippen molar-refractivity contribution in [1.82, 2.24) is 24.9 Å². The minimum atomic E-state index is 0.521. The van der Waals surface area contributed by atoms with Gasteiger partial charge < -0.3 is 10.6 Å². The molecule has 0 saturated carbocycles. The summed E-state index contributed by atoms with van der Waals surface area (Å²) < 4.78 is 1.79. The fourth-order valence-corrected chi connectivity index (χ4v) is 3.42. The number of nitrogens with zero attached hydrogens (tertiary/aromatic N) is 4. The number of piperidine rings is 1. The van der Waals surface area contributed by atoms with Crippen LogP contribution in [0.25, 0.3) is 5.78 Å². The quantitative estimate of drug-likeness (QED) is 0.845. The fraction of sp³-hybridized carbons (Fsp3) is 0.615. The van der Waals surface area contributed by atoms with Gasteiger partial charge in [-0.15, -0.1) is 0 Å². The highest BCUT2D eigenvalue weighted by molar-refractivity contribution is 5.45. The maximum absolute atomic E-state index is 4.37. The van der Waals surface area contributed by atoms with Crippen molar-refractivity contribution >= 4 is 11.6 Å². The molecule has 2 atom stereocenters. The number of anilines is 1. The Labute approximate surface area is 111 Å². The summed E-state index contributed by atoms with van der Waals surface area (Å²) in [5.41, 5.74) is 0.972. The number of hydrogen-bond acceptors (Lipinski definition) is 5. The second-order valence-corrected chi connectivity index (χ2v) is 5.71. The number of aryl methyl sites for hydroxylation is 1. The molecule has 19 heavy (non-hydrogen) atoms. The van der Waals surface area contributed by atoms with Gasteiger partial charge in [0, 0.05) is 29.9 Å². The van der Waals surface area contributed by atoms with E-state index in [1.54, 1.807) is 10.8 Å². The molecule has 100 valence electrons. The van der Waals surface area contributed by atoms with Crippen LogP contribution in [0.4, 0.5) is 5.82 Å². The van der Waals surface area contributed by atoms with Crippen LogP contribution in [0.5, 0.6) is 0 Å². The van der Waals surface area contributed by atoms with Gasteiger partial charge >= 0.3 is 0 Å². The predicted octanol–water partition coefficient (Wildman–Crippen LogP) is 1.13. The van der Waals surface area contributed by atoms with E-state index in [1.807, 2.05) is 13.0 Å². The third-order valence-corrected chi connectivity index (χ3v) is 4.20. The predicted molar refractivity (Wildman–Crippen MR) is 72.1 cm³/mol. The summed E-state index contributed by atoms with van der Waals surface area (Å²) in [6.07, 6.45) is 6.56. The van der Waals surface area contributed by atoms with Gasteiger partial charge in [0.1, 0.15) is 12.1 Å². The highest BCUT2D eigenvalue weighted by atomic mass is 15.4. The topological polar surface area (TPSA) is 67.1 Å². The number of aromatic nitrogens is 4. The molecule has 2 aromatic rings. The van der Waals surface area contributed by atoms with Crippen LogP contribution in [0.2, 0.25) is 0 Å². The Morgan fingerprint density at radius 3 is 2.89 bits per heavy atom. The van der Waals surface area contributed by atoms with E-state index < -0.39 is 0 Å². The van der Waals surface area contributed by atoms with Gasteiger partial charge in [0.15, 0.2) is 0 Å². The van der Waals surface area contributed by atoms with Crippen LogP contribution < -0.4 is 10.6 Å². The average molecular weight is 258 g/mol. The molecule has 2 aliphatic rings. The number of hydrogen-bond donors (Lipinski definition) is 2. The minimum absolute atomic E-state index is 0.521. The fourth-order valence-electron chi connectivity index (χ4n) is 3.42. The standard InChI is InChI=1S/C13H18N6/c1-8-4-12(19-13(16-8)14-7-15-19)18-11-5-9-2-3-10(6-11)17-9/h4,7,9-11,17-18H,2-3,5-6H2,1H3. The van der Waals surface area contributed by atoms with Crippen LogP contribution in [-0.4, -0.2) is 37.7 Å². The third-order valence-electron chi connectivity index (χ3n) is 4.20. The van der Waals surface area contributed by atoms with Crippen molar-refractivity contribution in [2.24, 2.45) is 0 Å². The molecule has 4 heterocycles.